The summed E-state index contributed by atoms with van der Waals surface area (Å²) in [6, 6.07) is 0. The minimum atomic E-state index is 0.315. The fourth-order valence-corrected chi connectivity index (χ4v) is 2.98. The monoisotopic (exact) mass is 259 g/mol. The molecule has 4 nitrogen and oxygen atoms in total. The van der Waals surface area contributed by atoms with Crippen LogP contribution in [0.15, 0.2) is 4.99 Å². The Morgan fingerprint density at radius 1 is 1.53 bits per heavy atom. The number of rotatable bonds is 4. The Morgan fingerprint density at radius 2 is 2.29 bits per heavy atom. The first-order chi connectivity index (χ1) is 8.09. The normalized spacial score (nSPS) is 20.5. The Labute approximate surface area is 109 Å². The minimum absolute atomic E-state index is 0.315. The standard InChI is InChI=1S/C12H25N3OS/c1-5-13-11(14-6-8-16-4)15-7-9-17-12(2,3)10-15/h5-10H2,1-4H3,(H,13,14). The van der Waals surface area contributed by atoms with Crippen LogP contribution in [0, 0.1) is 0 Å². The quantitative estimate of drug-likeness (QED) is 0.471. The molecule has 0 spiro atoms. The first-order valence-electron chi connectivity index (χ1n) is 6.25. The van der Waals surface area contributed by atoms with Gasteiger partial charge in [0.15, 0.2) is 5.96 Å². The lowest BCUT2D eigenvalue weighted by atomic mass is 10.2. The van der Waals surface area contributed by atoms with Gasteiger partial charge in [-0.3, -0.25) is 4.99 Å². The van der Waals surface area contributed by atoms with Crippen molar-refractivity contribution in [2.24, 2.45) is 4.99 Å². The third kappa shape index (κ3) is 5.17. The van der Waals surface area contributed by atoms with E-state index in [1.165, 1.54) is 5.75 Å². The van der Waals surface area contributed by atoms with Gasteiger partial charge in [-0.15, -0.1) is 0 Å². The second kappa shape index (κ2) is 7.11. The molecule has 1 rings (SSSR count). The number of hydrogen-bond acceptors (Lipinski definition) is 3. The average Bonchev–Trinajstić information content (AvgIpc) is 2.27. The molecule has 1 saturated heterocycles. The van der Waals surface area contributed by atoms with Crippen LogP contribution in [0.5, 0.6) is 0 Å². The van der Waals surface area contributed by atoms with Crippen LogP contribution in [0.1, 0.15) is 20.8 Å². The van der Waals surface area contributed by atoms with Gasteiger partial charge >= 0.3 is 0 Å². The van der Waals surface area contributed by atoms with E-state index < -0.39 is 0 Å². The Hall–Kier alpha value is -0.420. The predicted molar refractivity (Wildman–Crippen MR) is 76.0 cm³/mol. The van der Waals surface area contributed by atoms with Crippen molar-refractivity contribution in [3.63, 3.8) is 0 Å². The van der Waals surface area contributed by atoms with Gasteiger partial charge in [-0.25, -0.2) is 0 Å². The number of nitrogens with one attached hydrogen (secondary N) is 1. The third-order valence-corrected chi connectivity index (χ3v) is 3.91. The highest BCUT2D eigenvalue weighted by Gasteiger charge is 2.28. The molecule has 0 atom stereocenters. The average molecular weight is 259 g/mol. The van der Waals surface area contributed by atoms with Crippen LogP contribution in [0.4, 0.5) is 0 Å². The third-order valence-electron chi connectivity index (χ3n) is 2.62. The zero-order valence-electron chi connectivity index (χ0n) is 11.5. The summed E-state index contributed by atoms with van der Waals surface area (Å²) < 4.78 is 5.36. The van der Waals surface area contributed by atoms with Crippen LogP contribution in [0.2, 0.25) is 0 Å². The summed E-state index contributed by atoms with van der Waals surface area (Å²) in [5.74, 6) is 2.19. The van der Waals surface area contributed by atoms with Crippen molar-refractivity contribution >= 4 is 17.7 Å². The molecule has 0 bridgehead atoms. The van der Waals surface area contributed by atoms with Crippen molar-refractivity contribution in [1.82, 2.24) is 10.2 Å². The van der Waals surface area contributed by atoms with Crippen LogP contribution >= 0.6 is 11.8 Å². The van der Waals surface area contributed by atoms with E-state index >= 15 is 0 Å². The molecule has 1 aliphatic rings. The van der Waals surface area contributed by atoms with Crippen LogP contribution in [0.25, 0.3) is 0 Å². The minimum Gasteiger partial charge on any atom is -0.383 e. The fourth-order valence-electron chi connectivity index (χ4n) is 1.87. The van der Waals surface area contributed by atoms with Crippen molar-refractivity contribution < 1.29 is 4.74 Å². The molecule has 0 aromatic rings. The number of aliphatic imine (C=N–C) groups is 1. The van der Waals surface area contributed by atoms with E-state index in [1.807, 2.05) is 11.8 Å². The summed E-state index contributed by atoms with van der Waals surface area (Å²) >= 11 is 2.04. The van der Waals surface area contributed by atoms with E-state index in [2.05, 4.69) is 36.0 Å². The molecule has 0 aliphatic carbocycles. The maximum absolute atomic E-state index is 5.04. The predicted octanol–water partition coefficient (Wildman–Crippen LogP) is 1.43. The zero-order chi connectivity index (χ0) is 12.7. The summed E-state index contributed by atoms with van der Waals surface area (Å²) in [6.45, 7) is 11.1. The molecule has 0 radical (unpaired) electrons. The summed E-state index contributed by atoms with van der Waals surface area (Å²) in [5, 5.41) is 3.36. The van der Waals surface area contributed by atoms with Crippen LogP contribution < -0.4 is 5.32 Å². The van der Waals surface area contributed by atoms with Gasteiger partial charge in [-0.05, 0) is 20.8 Å². The van der Waals surface area contributed by atoms with Gasteiger partial charge in [-0.2, -0.15) is 11.8 Å². The molecule has 17 heavy (non-hydrogen) atoms. The highest BCUT2D eigenvalue weighted by atomic mass is 32.2. The number of methoxy groups -OCH3 is 1. The van der Waals surface area contributed by atoms with Crippen LogP contribution in [0.3, 0.4) is 0 Å². The zero-order valence-corrected chi connectivity index (χ0v) is 12.3. The van der Waals surface area contributed by atoms with Crippen LogP contribution in [-0.2, 0) is 4.74 Å². The summed E-state index contributed by atoms with van der Waals surface area (Å²) in [6.07, 6.45) is 0. The smallest absolute Gasteiger partial charge is 0.194 e. The molecule has 1 fully saturated rings. The molecular weight excluding hydrogens is 234 g/mol. The molecular formula is C12H25N3OS. The molecule has 1 heterocycles. The molecule has 100 valence electrons. The molecule has 0 aromatic heterocycles. The van der Waals surface area contributed by atoms with Crippen LogP contribution in [-0.4, -0.2) is 61.3 Å². The van der Waals surface area contributed by atoms with E-state index in [4.69, 9.17) is 4.74 Å². The molecule has 0 saturated carbocycles. The van der Waals surface area contributed by atoms with E-state index in [9.17, 15) is 0 Å². The second-order valence-electron chi connectivity index (χ2n) is 4.76. The van der Waals surface area contributed by atoms with Gasteiger partial charge in [0.25, 0.3) is 0 Å². The second-order valence-corrected chi connectivity index (χ2v) is 6.56. The Bertz CT molecular complexity index is 256. The fraction of sp³-hybridized carbons (Fsp3) is 0.917. The summed E-state index contributed by atoms with van der Waals surface area (Å²) in [4.78, 5) is 6.95. The molecule has 1 aliphatic heterocycles. The maximum Gasteiger partial charge on any atom is 0.194 e. The van der Waals surface area contributed by atoms with Gasteiger partial charge in [0.05, 0.1) is 13.2 Å². The largest absolute Gasteiger partial charge is 0.383 e. The number of guanidine groups is 1. The topological polar surface area (TPSA) is 36.9 Å². The highest BCUT2D eigenvalue weighted by Crippen LogP contribution is 2.29. The van der Waals surface area contributed by atoms with Crippen molar-refractivity contribution in [2.75, 3.05) is 45.6 Å². The van der Waals surface area contributed by atoms with Crippen molar-refractivity contribution in [3.05, 3.63) is 0 Å². The lowest BCUT2D eigenvalue weighted by Gasteiger charge is -2.39. The molecule has 5 heteroatoms. The number of ether oxygens (including phenoxy) is 1. The first-order valence-corrected chi connectivity index (χ1v) is 7.24. The van der Waals surface area contributed by atoms with E-state index in [1.54, 1.807) is 7.11 Å². The molecule has 0 unspecified atom stereocenters. The maximum atomic E-state index is 5.04. The van der Waals surface area contributed by atoms with Gasteiger partial charge < -0.3 is 15.0 Å². The van der Waals surface area contributed by atoms with Gasteiger partial charge in [0, 0.05) is 37.2 Å². The van der Waals surface area contributed by atoms with E-state index in [0.29, 0.717) is 11.4 Å². The molecule has 0 amide bonds. The van der Waals surface area contributed by atoms with Gasteiger partial charge in [0.1, 0.15) is 0 Å². The van der Waals surface area contributed by atoms with Gasteiger partial charge in [-0.1, -0.05) is 0 Å². The first kappa shape index (κ1) is 14.6. The Balaban J connectivity index is 2.59. The van der Waals surface area contributed by atoms with E-state index in [0.717, 1.165) is 32.1 Å². The lowest BCUT2D eigenvalue weighted by molar-refractivity contribution is 0.207. The SMILES string of the molecule is CCNC(=NCCOC)N1CCSC(C)(C)C1. The Kier molecular flexibility index (Phi) is 6.12. The number of nitrogens with zero attached hydrogens (tertiary/aromatic N) is 2. The summed E-state index contributed by atoms with van der Waals surface area (Å²) in [5.41, 5.74) is 0. The number of hydrogen-bond donors (Lipinski definition) is 1. The highest BCUT2D eigenvalue weighted by molar-refractivity contribution is 8.00. The van der Waals surface area contributed by atoms with Gasteiger partial charge in [0.2, 0.25) is 0 Å². The Morgan fingerprint density at radius 3 is 2.88 bits per heavy atom. The summed E-state index contributed by atoms with van der Waals surface area (Å²) in [7, 11) is 1.71. The van der Waals surface area contributed by atoms with E-state index in [-0.39, 0.29) is 0 Å². The lowest BCUT2D eigenvalue weighted by Crippen LogP contribution is -2.51. The molecule has 0 aromatic carbocycles. The van der Waals surface area contributed by atoms with Crippen molar-refractivity contribution in [1.29, 1.82) is 0 Å². The van der Waals surface area contributed by atoms with Crippen molar-refractivity contribution in [3.8, 4) is 0 Å². The number of thioether (sulfide) groups is 1. The molecule has 1 N–H and O–H groups in total. The van der Waals surface area contributed by atoms with Crippen molar-refractivity contribution in [2.45, 2.75) is 25.5 Å².